The molecule has 3 aromatic carbocycles. The van der Waals surface area contributed by atoms with Crippen LogP contribution in [0.25, 0.3) is 22.4 Å². The molecule has 3 atom stereocenters. The highest BCUT2D eigenvalue weighted by Gasteiger charge is 2.31. The number of hydrogen-bond acceptors (Lipinski definition) is 5. The molecule has 0 aliphatic rings. The van der Waals surface area contributed by atoms with E-state index in [-0.39, 0.29) is 36.9 Å². The lowest BCUT2D eigenvalue weighted by Crippen LogP contribution is -2.25. The van der Waals surface area contributed by atoms with E-state index >= 15 is 0 Å². The Kier molecular flexibility index (Phi) is 10.7. The molecule has 0 saturated heterocycles. The van der Waals surface area contributed by atoms with Crippen LogP contribution in [0.3, 0.4) is 0 Å². The molecule has 4 rings (SSSR count). The number of aromatic nitrogens is 1. The van der Waals surface area contributed by atoms with Crippen molar-refractivity contribution in [3.63, 3.8) is 0 Å². The van der Waals surface area contributed by atoms with Crippen molar-refractivity contribution in [2.45, 2.75) is 63.9 Å². The monoisotopic (exact) mass is 574 g/mol. The van der Waals surface area contributed by atoms with Crippen molar-refractivity contribution in [2.75, 3.05) is 11.9 Å². The molecule has 1 unspecified atom stereocenters. The molecule has 0 spiro atoms. The Labute approximate surface area is 245 Å². The molecule has 0 radical (unpaired) electrons. The Hall–Kier alpha value is -3.82. The van der Waals surface area contributed by atoms with E-state index < -0.39 is 24.9 Å². The number of hydrogen-bond donors (Lipinski definition) is 5. The van der Waals surface area contributed by atoms with Crippen LogP contribution < -0.4 is 5.32 Å². The van der Waals surface area contributed by atoms with Crippen LogP contribution in [-0.4, -0.2) is 55.8 Å². The number of carbonyl (C=O) groups excluding carboxylic acids is 1. The second kappa shape index (κ2) is 14.4. The SMILES string of the molecule is CC(C)c1c(C(=O)Nc2ccccc2)c(-c2ccccc2)c(-c2ccc(F)cc2)n1CC[C@@H](O)CC(O)C[C@H](O)CO. The molecule has 1 aromatic heterocycles. The number of nitrogens with zero attached hydrogens (tertiary/aromatic N) is 1. The van der Waals surface area contributed by atoms with E-state index in [1.54, 1.807) is 12.1 Å². The first-order chi connectivity index (χ1) is 20.2. The third kappa shape index (κ3) is 7.52. The summed E-state index contributed by atoms with van der Waals surface area (Å²) < 4.78 is 16.1. The Balaban J connectivity index is 1.85. The zero-order valence-electron chi connectivity index (χ0n) is 24.0. The highest BCUT2D eigenvalue weighted by atomic mass is 19.1. The zero-order valence-corrected chi connectivity index (χ0v) is 24.0. The number of nitrogens with one attached hydrogen (secondary N) is 1. The average molecular weight is 575 g/mol. The van der Waals surface area contributed by atoms with Gasteiger partial charge in [0.25, 0.3) is 5.91 Å². The molecule has 5 N–H and O–H groups in total. The Morgan fingerprint density at radius 3 is 2.00 bits per heavy atom. The van der Waals surface area contributed by atoms with Crippen LogP contribution in [0.2, 0.25) is 0 Å². The molecular formula is C34H39FN2O5. The van der Waals surface area contributed by atoms with E-state index in [0.717, 1.165) is 22.5 Å². The number of para-hydroxylation sites is 1. The van der Waals surface area contributed by atoms with Crippen LogP contribution in [0, 0.1) is 5.82 Å². The van der Waals surface area contributed by atoms with Gasteiger partial charge in [-0.25, -0.2) is 4.39 Å². The number of aliphatic hydroxyl groups excluding tert-OH is 4. The zero-order chi connectivity index (χ0) is 30.2. The molecule has 0 saturated carbocycles. The minimum absolute atomic E-state index is 0.0219. The second-order valence-electron chi connectivity index (χ2n) is 10.9. The quantitative estimate of drug-likeness (QED) is 0.143. The predicted molar refractivity (Wildman–Crippen MR) is 163 cm³/mol. The van der Waals surface area contributed by atoms with Gasteiger partial charge in [0.1, 0.15) is 5.82 Å². The van der Waals surface area contributed by atoms with Crippen LogP contribution in [0.5, 0.6) is 0 Å². The Morgan fingerprint density at radius 2 is 1.40 bits per heavy atom. The summed E-state index contributed by atoms with van der Waals surface area (Å²) in [5, 5.41) is 42.9. The van der Waals surface area contributed by atoms with Crippen LogP contribution in [0.15, 0.2) is 84.9 Å². The van der Waals surface area contributed by atoms with Crippen molar-refractivity contribution in [1.29, 1.82) is 0 Å². The molecule has 4 aromatic rings. The number of carbonyl (C=O) groups is 1. The van der Waals surface area contributed by atoms with Gasteiger partial charge in [0.15, 0.2) is 0 Å². The number of benzene rings is 3. The van der Waals surface area contributed by atoms with Crippen molar-refractivity contribution < 1.29 is 29.6 Å². The van der Waals surface area contributed by atoms with Crippen LogP contribution in [0.1, 0.15) is 55.1 Å². The van der Waals surface area contributed by atoms with E-state index in [1.807, 2.05) is 79.1 Å². The molecule has 0 bridgehead atoms. The van der Waals surface area contributed by atoms with Crippen molar-refractivity contribution >= 4 is 11.6 Å². The summed E-state index contributed by atoms with van der Waals surface area (Å²) >= 11 is 0. The van der Waals surface area contributed by atoms with Crippen LogP contribution >= 0.6 is 0 Å². The molecule has 1 heterocycles. The van der Waals surface area contributed by atoms with Gasteiger partial charge in [-0.3, -0.25) is 4.79 Å². The molecule has 222 valence electrons. The lowest BCUT2D eigenvalue weighted by Gasteiger charge is -2.21. The molecule has 8 heteroatoms. The number of amides is 1. The number of anilines is 1. The highest BCUT2D eigenvalue weighted by Crippen LogP contribution is 2.42. The average Bonchev–Trinajstić information content (AvgIpc) is 3.33. The van der Waals surface area contributed by atoms with Crippen molar-refractivity contribution in [2.24, 2.45) is 0 Å². The maximum Gasteiger partial charge on any atom is 0.258 e. The second-order valence-corrected chi connectivity index (χ2v) is 10.9. The number of halogens is 1. The van der Waals surface area contributed by atoms with Gasteiger partial charge in [0.05, 0.1) is 36.2 Å². The van der Waals surface area contributed by atoms with E-state index in [2.05, 4.69) is 5.32 Å². The van der Waals surface area contributed by atoms with Gasteiger partial charge in [0, 0.05) is 29.9 Å². The van der Waals surface area contributed by atoms with E-state index in [0.29, 0.717) is 23.4 Å². The summed E-state index contributed by atoms with van der Waals surface area (Å²) in [6.07, 6.45) is -2.72. The van der Waals surface area contributed by atoms with Crippen molar-refractivity contribution in [3.8, 4) is 22.4 Å². The van der Waals surface area contributed by atoms with Crippen LogP contribution in [0.4, 0.5) is 10.1 Å². The molecule has 0 aliphatic heterocycles. The van der Waals surface area contributed by atoms with E-state index in [4.69, 9.17) is 5.11 Å². The standard InChI is InChI=1S/C34H39FN2O5/c1-22(2)32-31(34(42)36-26-11-7-4-8-12-26)30(23-9-5-3-6-10-23)33(24-13-15-25(35)16-14-24)37(32)18-17-27(39)19-28(40)20-29(41)21-38/h3-16,22,27-29,38-41H,17-21H2,1-2H3,(H,36,42)/t27-,28?,29+/m1/s1. The molecular weight excluding hydrogens is 535 g/mol. The third-order valence-corrected chi connectivity index (χ3v) is 7.27. The smallest absolute Gasteiger partial charge is 0.258 e. The molecule has 1 amide bonds. The fourth-order valence-corrected chi connectivity index (χ4v) is 5.40. The van der Waals surface area contributed by atoms with E-state index in [9.17, 15) is 24.5 Å². The number of aliphatic hydroxyl groups is 4. The first-order valence-electron chi connectivity index (χ1n) is 14.3. The lowest BCUT2D eigenvalue weighted by atomic mass is 9.94. The third-order valence-electron chi connectivity index (χ3n) is 7.27. The van der Waals surface area contributed by atoms with E-state index in [1.165, 1.54) is 12.1 Å². The Morgan fingerprint density at radius 1 is 0.810 bits per heavy atom. The molecule has 7 nitrogen and oxygen atoms in total. The first kappa shape index (κ1) is 31.1. The summed E-state index contributed by atoms with van der Waals surface area (Å²) in [7, 11) is 0. The van der Waals surface area contributed by atoms with Gasteiger partial charge in [-0.05, 0) is 66.3 Å². The fourth-order valence-electron chi connectivity index (χ4n) is 5.40. The lowest BCUT2D eigenvalue weighted by molar-refractivity contribution is 0.0161. The van der Waals surface area contributed by atoms with Gasteiger partial charge in [-0.2, -0.15) is 0 Å². The summed E-state index contributed by atoms with van der Waals surface area (Å²) in [5.74, 6) is -0.751. The molecule has 42 heavy (non-hydrogen) atoms. The van der Waals surface area contributed by atoms with Gasteiger partial charge in [-0.1, -0.05) is 62.4 Å². The molecule has 0 fully saturated rings. The predicted octanol–water partition coefficient (Wildman–Crippen LogP) is 5.58. The summed E-state index contributed by atoms with van der Waals surface area (Å²) in [5.41, 5.74) is 4.90. The largest absolute Gasteiger partial charge is 0.394 e. The topological polar surface area (TPSA) is 115 Å². The fraction of sp³-hybridized carbons (Fsp3) is 0.324. The number of rotatable bonds is 13. The summed E-state index contributed by atoms with van der Waals surface area (Å²) in [6, 6.07) is 25.0. The molecule has 0 aliphatic carbocycles. The Bertz CT molecular complexity index is 1440. The highest BCUT2D eigenvalue weighted by molar-refractivity contribution is 6.12. The minimum Gasteiger partial charge on any atom is -0.394 e. The minimum atomic E-state index is -1.06. The maximum atomic E-state index is 14.1. The van der Waals surface area contributed by atoms with Gasteiger partial charge >= 0.3 is 0 Å². The van der Waals surface area contributed by atoms with Crippen molar-refractivity contribution in [3.05, 3.63) is 102 Å². The maximum absolute atomic E-state index is 14.1. The van der Waals surface area contributed by atoms with Gasteiger partial charge < -0.3 is 30.3 Å². The van der Waals surface area contributed by atoms with Crippen LogP contribution in [-0.2, 0) is 6.54 Å². The summed E-state index contributed by atoms with van der Waals surface area (Å²) in [6.45, 7) is 3.86. The summed E-state index contributed by atoms with van der Waals surface area (Å²) in [4.78, 5) is 14.1. The van der Waals surface area contributed by atoms with Gasteiger partial charge in [0.2, 0.25) is 0 Å². The van der Waals surface area contributed by atoms with Crippen molar-refractivity contribution in [1.82, 2.24) is 4.57 Å². The normalized spacial score (nSPS) is 13.6. The van der Waals surface area contributed by atoms with Gasteiger partial charge in [-0.15, -0.1) is 0 Å². The first-order valence-corrected chi connectivity index (χ1v) is 14.3.